The summed E-state index contributed by atoms with van der Waals surface area (Å²) in [6.45, 7) is 8.44. The van der Waals surface area contributed by atoms with Crippen LogP contribution in [0.4, 0.5) is 0 Å². The van der Waals surface area contributed by atoms with E-state index in [1.165, 1.54) is 15.3 Å². The molecule has 0 aromatic carbocycles. The second-order valence-corrected chi connectivity index (χ2v) is 5.35. The average molecular weight is 227 g/mol. The molecule has 3 heteroatoms. The van der Waals surface area contributed by atoms with E-state index in [2.05, 4.69) is 32.2 Å². The molecule has 1 heterocycles. The van der Waals surface area contributed by atoms with Crippen LogP contribution in [0.3, 0.4) is 0 Å². The van der Waals surface area contributed by atoms with Gasteiger partial charge in [0.1, 0.15) is 0 Å². The fourth-order valence-corrected chi connectivity index (χ4v) is 2.75. The Bertz CT molecular complexity index is 296. The van der Waals surface area contributed by atoms with Gasteiger partial charge in [-0.1, -0.05) is 0 Å². The van der Waals surface area contributed by atoms with Crippen molar-refractivity contribution < 1.29 is 4.74 Å². The lowest BCUT2D eigenvalue weighted by molar-refractivity contribution is 0.193. The largest absolute Gasteiger partial charge is 0.385 e. The van der Waals surface area contributed by atoms with Crippen LogP contribution in [0.2, 0.25) is 0 Å². The summed E-state index contributed by atoms with van der Waals surface area (Å²) in [6, 6.07) is 2.74. The number of aryl methyl sites for hydroxylation is 2. The third kappa shape index (κ3) is 3.93. The zero-order valence-corrected chi connectivity index (χ0v) is 10.9. The molecule has 2 nitrogen and oxygen atoms in total. The van der Waals surface area contributed by atoms with Gasteiger partial charge in [0.05, 0.1) is 0 Å². The SMILES string of the molecule is COCCCNC(C)c1cc(C)sc1C. The molecular weight excluding hydrogens is 206 g/mol. The summed E-state index contributed by atoms with van der Waals surface area (Å²) in [5.41, 5.74) is 1.44. The van der Waals surface area contributed by atoms with Crippen molar-refractivity contribution in [2.24, 2.45) is 0 Å². The summed E-state index contributed by atoms with van der Waals surface area (Å²) in [5.74, 6) is 0. The van der Waals surface area contributed by atoms with E-state index in [1.807, 2.05) is 11.3 Å². The number of methoxy groups -OCH3 is 1. The highest BCUT2D eigenvalue weighted by Gasteiger charge is 2.09. The first kappa shape index (κ1) is 12.7. The Labute approximate surface area is 96.7 Å². The number of ether oxygens (including phenoxy) is 1. The van der Waals surface area contributed by atoms with E-state index in [1.54, 1.807) is 7.11 Å². The van der Waals surface area contributed by atoms with Gasteiger partial charge in [0, 0.05) is 29.5 Å². The standard InChI is InChI=1S/C12H21NOS/c1-9-8-12(11(3)15-9)10(2)13-6-5-7-14-4/h8,10,13H,5-7H2,1-4H3. The molecule has 0 radical (unpaired) electrons. The molecule has 0 aliphatic heterocycles. The number of thiophene rings is 1. The summed E-state index contributed by atoms with van der Waals surface area (Å²) in [5, 5.41) is 3.51. The summed E-state index contributed by atoms with van der Waals surface area (Å²) >= 11 is 1.88. The molecule has 0 amide bonds. The van der Waals surface area contributed by atoms with Gasteiger partial charge in [-0.15, -0.1) is 11.3 Å². The van der Waals surface area contributed by atoms with Crippen molar-refractivity contribution in [1.82, 2.24) is 5.32 Å². The summed E-state index contributed by atoms with van der Waals surface area (Å²) in [4.78, 5) is 2.83. The summed E-state index contributed by atoms with van der Waals surface area (Å²) in [7, 11) is 1.75. The van der Waals surface area contributed by atoms with Crippen LogP contribution in [0.15, 0.2) is 6.07 Å². The molecule has 86 valence electrons. The quantitative estimate of drug-likeness (QED) is 0.754. The molecule has 1 aromatic heterocycles. The van der Waals surface area contributed by atoms with Crippen molar-refractivity contribution in [1.29, 1.82) is 0 Å². The van der Waals surface area contributed by atoms with Crippen molar-refractivity contribution in [2.75, 3.05) is 20.3 Å². The Kier molecular flexibility index (Phi) is 5.29. The molecular formula is C12H21NOS. The van der Waals surface area contributed by atoms with Gasteiger partial charge in [-0.25, -0.2) is 0 Å². The smallest absolute Gasteiger partial charge is 0.0474 e. The van der Waals surface area contributed by atoms with E-state index in [-0.39, 0.29) is 0 Å². The molecule has 1 rings (SSSR count). The summed E-state index contributed by atoms with van der Waals surface area (Å²) in [6.07, 6.45) is 1.07. The Morgan fingerprint density at radius 3 is 2.73 bits per heavy atom. The third-order valence-corrected chi connectivity index (χ3v) is 3.50. The first-order valence-electron chi connectivity index (χ1n) is 5.44. The fraction of sp³-hybridized carbons (Fsp3) is 0.667. The van der Waals surface area contributed by atoms with Crippen molar-refractivity contribution in [3.05, 3.63) is 21.4 Å². The van der Waals surface area contributed by atoms with Crippen molar-refractivity contribution >= 4 is 11.3 Å². The van der Waals surface area contributed by atoms with E-state index in [0.29, 0.717) is 6.04 Å². The molecule has 1 unspecified atom stereocenters. The third-order valence-electron chi connectivity index (χ3n) is 2.52. The Morgan fingerprint density at radius 1 is 1.47 bits per heavy atom. The minimum atomic E-state index is 0.451. The zero-order valence-electron chi connectivity index (χ0n) is 10.1. The number of rotatable bonds is 6. The van der Waals surface area contributed by atoms with E-state index in [9.17, 15) is 0 Å². The molecule has 1 aromatic rings. The molecule has 0 bridgehead atoms. The second-order valence-electron chi connectivity index (χ2n) is 3.89. The van der Waals surface area contributed by atoms with Crippen LogP contribution >= 0.6 is 11.3 Å². The summed E-state index contributed by atoms with van der Waals surface area (Å²) < 4.78 is 5.02. The molecule has 0 fully saturated rings. The number of hydrogen-bond acceptors (Lipinski definition) is 3. The van der Waals surface area contributed by atoms with Crippen LogP contribution in [0.25, 0.3) is 0 Å². The highest BCUT2D eigenvalue weighted by molar-refractivity contribution is 7.12. The van der Waals surface area contributed by atoms with Gasteiger partial charge in [0.15, 0.2) is 0 Å². The minimum Gasteiger partial charge on any atom is -0.385 e. The zero-order chi connectivity index (χ0) is 11.3. The van der Waals surface area contributed by atoms with Crippen LogP contribution in [-0.2, 0) is 4.74 Å². The lowest BCUT2D eigenvalue weighted by Crippen LogP contribution is -2.20. The first-order valence-corrected chi connectivity index (χ1v) is 6.26. The monoisotopic (exact) mass is 227 g/mol. The van der Waals surface area contributed by atoms with E-state index in [0.717, 1.165) is 19.6 Å². The Balaban J connectivity index is 2.39. The van der Waals surface area contributed by atoms with Gasteiger partial charge in [0.2, 0.25) is 0 Å². The topological polar surface area (TPSA) is 21.3 Å². The predicted molar refractivity (Wildman–Crippen MR) is 66.7 cm³/mol. The molecule has 0 spiro atoms. The van der Waals surface area contributed by atoms with E-state index >= 15 is 0 Å². The second kappa shape index (κ2) is 6.26. The molecule has 0 aliphatic rings. The molecule has 0 saturated heterocycles. The molecule has 1 N–H and O–H groups in total. The normalized spacial score (nSPS) is 13.1. The first-order chi connectivity index (χ1) is 7.15. The molecule has 0 aliphatic carbocycles. The van der Waals surface area contributed by atoms with Gasteiger partial charge < -0.3 is 10.1 Å². The fourth-order valence-electron chi connectivity index (χ4n) is 1.73. The number of nitrogens with one attached hydrogen (secondary N) is 1. The highest BCUT2D eigenvalue weighted by atomic mass is 32.1. The maximum absolute atomic E-state index is 5.02. The van der Waals surface area contributed by atoms with Gasteiger partial charge in [-0.05, 0) is 45.4 Å². The lowest BCUT2D eigenvalue weighted by Gasteiger charge is -2.13. The van der Waals surface area contributed by atoms with Crippen molar-refractivity contribution in [3.63, 3.8) is 0 Å². The van der Waals surface area contributed by atoms with Gasteiger partial charge in [-0.2, -0.15) is 0 Å². The van der Waals surface area contributed by atoms with E-state index in [4.69, 9.17) is 4.74 Å². The van der Waals surface area contributed by atoms with Crippen LogP contribution in [-0.4, -0.2) is 20.3 Å². The van der Waals surface area contributed by atoms with Crippen LogP contribution in [0.5, 0.6) is 0 Å². The number of hydrogen-bond donors (Lipinski definition) is 1. The average Bonchev–Trinajstić information content (AvgIpc) is 2.52. The molecule has 0 saturated carbocycles. The lowest BCUT2D eigenvalue weighted by atomic mass is 10.1. The van der Waals surface area contributed by atoms with E-state index < -0.39 is 0 Å². The Morgan fingerprint density at radius 2 is 2.20 bits per heavy atom. The van der Waals surface area contributed by atoms with Crippen LogP contribution in [0, 0.1) is 13.8 Å². The van der Waals surface area contributed by atoms with Crippen molar-refractivity contribution in [2.45, 2.75) is 33.2 Å². The maximum Gasteiger partial charge on any atom is 0.0474 e. The molecule has 15 heavy (non-hydrogen) atoms. The van der Waals surface area contributed by atoms with Crippen molar-refractivity contribution in [3.8, 4) is 0 Å². The van der Waals surface area contributed by atoms with Gasteiger partial charge in [0.25, 0.3) is 0 Å². The Hall–Kier alpha value is -0.380. The van der Waals surface area contributed by atoms with Gasteiger partial charge in [-0.3, -0.25) is 0 Å². The van der Waals surface area contributed by atoms with Gasteiger partial charge >= 0.3 is 0 Å². The minimum absolute atomic E-state index is 0.451. The molecule has 1 atom stereocenters. The predicted octanol–water partition coefficient (Wildman–Crippen LogP) is 3.05. The van der Waals surface area contributed by atoms with Crippen LogP contribution < -0.4 is 5.32 Å². The maximum atomic E-state index is 5.02. The van der Waals surface area contributed by atoms with Crippen LogP contribution in [0.1, 0.15) is 34.7 Å². The highest BCUT2D eigenvalue weighted by Crippen LogP contribution is 2.25.